The Balaban J connectivity index is 2.13. The number of benzene rings is 1. The Hall–Kier alpha value is -1.76. The third-order valence-electron chi connectivity index (χ3n) is 3.78. The Morgan fingerprint density at radius 2 is 2.13 bits per heavy atom. The summed E-state index contributed by atoms with van der Waals surface area (Å²) in [7, 11) is 0. The van der Waals surface area contributed by atoms with E-state index in [4.69, 9.17) is 0 Å². The van der Waals surface area contributed by atoms with E-state index in [-0.39, 0.29) is 24.1 Å². The molecule has 1 fully saturated rings. The maximum Gasteiger partial charge on any atom is 0.416 e. The van der Waals surface area contributed by atoms with E-state index in [9.17, 15) is 18.0 Å². The van der Waals surface area contributed by atoms with Gasteiger partial charge in [-0.3, -0.25) is 4.79 Å². The van der Waals surface area contributed by atoms with Gasteiger partial charge in [0.05, 0.1) is 16.9 Å². The summed E-state index contributed by atoms with van der Waals surface area (Å²) < 4.78 is 38.6. The number of rotatable bonds is 6. The summed E-state index contributed by atoms with van der Waals surface area (Å²) in [4.78, 5) is 12.1. The van der Waals surface area contributed by atoms with Crippen molar-refractivity contribution in [1.29, 1.82) is 0 Å². The molecule has 128 valence electrons. The Bertz CT molecular complexity index is 540. The van der Waals surface area contributed by atoms with Crippen molar-refractivity contribution in [1.82, 2.24) is 5.32 Å². The number of hydrogen-bond acceptors (Lipinski definition) is 3. The molecule has 0 aliphatic carbocycles. The molecule has 1 aromatic rings. The average molecular weight is 329 g/mol. The Labute approximate surface area is 133 Å². The number of carbonyl (C=O) groups is 1. The van der Waals surface area contributed by atoms with Gasteiger partial charge in [-0.1, -0.05) is 6.92 Å². The topological polar surface area (TPSA) is 53.2 Å². The zero-order chi connectivity index (χ0) is 16.9. The van der Waals surface area contributed by atoms with Crippen molar-refractivity contribution in [2.45, 2.75) is 44.8 Å². The van der Waals surface area contributed by atoms with Crippen LogP contribution in [0.5, 0.6) is 0 Å². The number of hydrogen-bond donors (Lipinski definition) is 3. The summed E-state index contributed by atoms with van der Waals surface area (Å²) in [6.45, 7) is 3.46. The van der Waals surface area contributed by atoms with Gasteiger partial charge >= 0.3 is 6.18 Å². The zero-order valence-electron chi connectivity index (χ0n) is 13.1. The molecule has 1 atom stereocenters. The van der Waals surface area contributed by atoms with Gasteiger partial charge in [-0.05, 0) is 44.0 Å². The molecule has 1 aliphatic heterocycles. The van der Waals surface area contributed by atoms with Gasteiger partial charge in [0.2, 0.25) is 5.91 Å². The van der Waals surface area contributed by atoms with Crippen LogP contribution >= 0.6 is 0 Å². The molecule has 0 bridgehead atoms. The maximum atomic E-state index is 12.9. The van der Waals surface area contributed by atoms with Crippen molar-refractivity contribution in [3.05, 3.63) is 23.8 Å². The van der Waals surface area contributed by atoms with Crippen molar-refractivity contribution >= 4 is 17.3 Å². The first-order chi connectivity index (χ1) is 10.9. The minimum atomic E-state index is -4.43. The predicted molar refractivity (Wildman–Crippen MR) is 84.5 cm³/mol. The quantitative estimate of drug-likeness (QED) is 0.747. The molecule has 1 heterocycles. The van der Waals surface area contributed by atoms with E-state index >= 15 is 0 Å². The molecule has 23 heavy (non-hydrogen) atoms. The molecule has 0 radical (unpaired) electrons. The molecule has 7 heteroatoms. The van der Waals surface area contributed by atoms with Crippen LogP contribution in [-0.4, -0.2) is 25.0 Å². The fraction of sp³-hybridized carbons (Fsp3) is 0.562. The molecule has 1 amide bonds. The Kier molecular flexibility index (Phi) is 5.87. The van der Waals surface area contributed by atoms with Gasteiger partial charge in [0, 0.05) is 19.0 Å². The van der Waals surface area contributed by atoms with E-state index in [1.165, 1.54) is 6.07 Å². The first-order valence-corrected chi connectivity index (χ1v) is 7.88. The van der Waals surface area contributed by atoms with Crippen molar-refractivity contribution in [2.75, 3.05) is 23.7 Å². The molecule has 0 aromatic heterocycles. The van der Waals surface area contributed by atoms with E-state index in [1.54, 1.807) is 0 Å². The zero-order valence-corrected chi connectivity index (χ0v) is 13.1. The second-order valence-corrected chi connectivity index (χ2v) is 5.73. The highest BCUT2D eigenvalue weighted by molar-refractivity contribution is 5.94. The molecule has 2 rings (SSSR count). The van der Waals surface area contributed by atoms with E-state index in [0.717, 1.165) is 37.9 Å². The van der Waals surface area contributed by atoms with Gasteiger partial charge in [-0.2, -0.15) is 13.2 Å². The summed E-state index contributed by atoms with van der Waals surface area (Å²) in [5.74, 6) is -0.275. The average Bonchev–Trinajstić information content (AvgIpc) is 2.97. The molecular weight excluding hydrogens is 307 g/mol. The van der Waals surface area contributed by atoms with Gasteiger partial charge < -0.3 is 16.0 Å². The SMILES string of the molecule is CCCNc1ccc(C(F)(F)F)cc1NC(=O)CC1CCCN1. The van der Waals surface area contributed by atoms with Gasteiger partial charge in [-0.15, -0.1) is 0 Å². The van der Waals surface area contributed by atoms with Crippen LogP contribution in [0.1, 0.15) is 38.2 Å². The largest absolute Gasteiger partial charge is 0.416 e. The first kappa shape index (κ1) is 17.6. The summed E-state index contributed by atoms with van der Waals surface area (Å²) in [6.07, 6.45) is -1.40. The van der Waals surface area contributed by atoms with Gasteiger partial charge in [0.1, 0.15) is 0 Å². The predicted octanol–water partition coefficient (Wildman–Crippen LogP) is 3.61. The number of carbonyl (C=O) groups excluding carboxylic acids is 1. The van der Waals surface area contributed by atoms with Gasteiger partial charge in [0.15, 0.2) is 0 Å². The molecule has 0 spiro atoms. The van der Waals surface area contributed by atoms with Crippen molar-refractivity contribution in [3.63, 3.8) is 0 Å². The molecule has 3 N–H and O–H groups in total. The minimum Gasteiger partial charge on any atom is -0.383 e. The lowest BCUT2D eigenvalue weighted by Crippen LogP contribution is -2.27. The summed E-state index contributed by atoms with van der Waals surface area (Å²) in [5.41, 5.74) is -0.0855. The second-order valence-electron chi connectivity index (χ2n) is 5.73. The normalized spacial score (nSPS) is 18.0. The number of alkyl halides is 3. The van der Waals surface area contributed by atoms with Gasteiger partial charge in [-0.25, -0.2) is 0 Å². The lowest BCUT2D eigenvalue weighted by molar-refractivity contribution is -0.137. The Morgan fingerprint density at radius 1 is 1.35 bits per heavy atom. The minimum absolute atomic E-state index is 0.104. The molecular formula is C16H22F3N3O. The summed E-state index contributed by atoms with van der Waals surface area (Å²) >= 11 is 0. The van der Waals surface area contributed by atoms with Crippen molar-refractivity contribution < 1.29 is 18.0 Å². The highest BCUT2D eigenvalue weighted by Gasteiger charge is 2.31. The third-order valence-corrected chi connectivity index (χ3v) is 3.78. The first-order valence-electron chi connectivity index (χ1n) is 7.88. The van der Waals surface area contributed by atoms with Crippen LogP contribution in [0.4, 0.5) is 24.5 Å². The lowest BCUT2D eigenvalue weighted by atomic mass is 10.1. The van der Waals surface area contributed by atoms with Crippen LogP contribution in [0.3, 0.4) is 0 Å². The Morgan fingerprint density at radius 3 is 2.74 bits per heavy atom. The van der Waals surface area contributed by atoms with Crippen LogP contribution in [-0.2, 0) is 11.0 Å². The van der Waals surface area contributed by atoms with E-state index in [2.05, 4.69) is 16.0 Å². The number of halogens is 3. The number of nitrogens with one attached hydrogen (secondary N) is 3. The second kappa shape index (κ2) is 7.68. The molecule has 1 unspecified atom stereocenters. The van der Waals surface area contributed by atoms with Crippen molar-refractivity contribution in [2.24, 2.45) is 0 Å². The fourth-order valence-electron chi connectivity index (χ4n) is 2.59. The van der Waals surface area contributed by atoms with E-state index < -0.39 is 11.7 Å². The monoisotopic (exact) mass is 329 g/mol. The fourth-order valence-corrected chi connectivity index (χ4v) is 2.59. The lowest BCUT2D eigenvalue weighted by Gasteiger charge is -2.17. The highest BCUT2D eigenvalue weighted by atomic mass is 19.4. The van der Waals surface area contributed by atoms with Crippen LogP contribution in [0, 0.1) is 0 Å². The molecule has 4 nitrogen and oxygen atoms in total. The summed E-state index contributed by atoms with van der Waals surface area (Å²) in [6, 6.07) is 3.47. The van der Waals surface area contributed by atoms with Crippen LogP contribution in [0.15, 0.2) is 18.2 Å². The summed E-state index contributed by atoms with van der Waals surface area (Å²) in [5, 5.41) is 8.86. The third kappa shape index (κ3) is 5.13. The standard InChI is InChI=1S/C16H22F3N3O/c1-2-7-21-13-6-5-11(16(17,18)19)9-14(13)22-15(23)10-12-4-3-8-20-12/h5-6,9,12,20-21H,2-4,7-8,10H2,1H3,(H,22,23). The highest BCUT2D eigenvalue weighted by Crippen LogP contribution is 2.34. The molecule has 1 aromatic carbocycles. The molecule has 0 saturated carbocycles. The number of amides is 1. The smallest absolute Gasteiger partial charge is 0.383 e. The molecule has 1 saturated heterocycles. The number of anilines is 2. The van der Waals surface area contributed by atoms with Crippen LogP contribution in [0.2, 0.25) is 0 Å². The van der Waals surface area contributed by atoms with E-state index in [1.807, 2.05) is 6.92 Å². The van der Waals surface area contributed by atoms with Gasteiger partial charge in [0.25, 0.3) is 0 Å². The van der Waals surface area contributed by atoms with Crippen LogP contribution < -0.4 is 16.0 Å². The maximum absolute atomic E-state index is 12.9. The van der Waals surface area contributed by atoms with E-state index in [0.29, 0.717) is 12.2 Å². The van der Waals surface area contributed by atoms with Crippen molar-refractivity contribution in [3.8, 4) is 0 Å². The van der Waals surface area contributed by atoms with Crippen LogP contribution in [0.25, 0.3) is 0 Å². The molecule has 1 aliphatic rings.